The molecule has 0 spiro atoms. The van der Waals surface area contributed by atoms with Crippen LogP contribution in [0.5, 0.6) is 0 Å². The maximum atomic E-state index is 12.8. The third kappa shape index (κ3) is 4.76. The zero-order chi connectivity index (χ0) is 21.2. The highest BCUT2D eigenvalue weighted by molar-refractivity contribution is 7.92. The van der Waals surface area contributed by atoms with Gasteiger partial charge in [0.15, 0.2) is 0 Å². The van der Waals surface area contributed by atoms with Crippen molar-refractivity contribution in [3.63, 3.8) is 0 Å². The molecule has 0 saturated carbocycles. The third-order valence-corrected chi connectivity index (χ3v) is 6.14. The van der Waals surface area contributed by atoms with Gasteiger partial charge in [-0.25, -0.2) is 8.42 Å². The second-order valence-corrected chi connectivity index (χ2v) is 9.11. The summed E-state index contributed by atoms with van der Waals surface area (Å²) < 4.78 is 25.8. The second kappa shape index (κ2) is 8.24. The van der Waals surface area contributed by atoms with Crippen molar-refractivity contribution >= 4 is 38.9 Å². The van der Waals surface area contributed by atoms with Gasteiger partial charge in [0.1, 0.15) is 6.04 Å². The van der Waals surface area contributed by atoms with E-state index in [1.807, 2.05) is 6.92 Å². The number of nitrogens with one attached hydrogen (secondary N) is 1. The molecule has 3 rings (SSSR count). The van der Waals surface area contributed by atoms with Crippen LogP contribution in [0.2, 0.25) is 0 Å². The fourth-order valence-electron chi connectivity index (χ4n) is 3.39. The molecular formula is C21H25N3O4S. The van der Waals surface area contributed by atoms with Crippen LogP contribution in [-0.2, 0) is 19.6 Å². The Labute approximate surface area is 171 Å². The average molecular weight is 416 g/mol. The van der Waals surface area contributed by atoms with Crippen LogP contribution >= 0.6 is 0 Å². The zero-order valence-corrected chi connectivity index (χ0v) is 17.6. The molecule has 1 atom stereocenters. The predicted molar refractivity (Wildman–Crippen MR) is 115 cm³/mol. The highest BCUT2D eigenvalue weighted by Crippen LogP contribution is 2.25. The van der Waals surface area contributed by atoms with Crippen LogP contribution in [0.25, 0.3) is 0 Å². The maximum Gasteiger partial charge on any atom is 0.247 e. The van der Waals surface area contributed by atoms with Crippen LogP contribution in [0.15, 0.2) is 48.5 Å². The summed E-state index contributed by atoms with van der Waals surface area (Å²) in [5.41, 5.74) is 2.75. The molecule has 1 aliphatic rings. The van der Waals surface area contributed by atoms with Gasteiger partial charge in [-0.1, -0.05) is 17.7 Å². The zero-order valence-electron chi connectivity index (χ0n) is 16.8. The summed E-state index contributed by atoms with van der Waals surface area (Å²) in [5.74, 6) is -0.349. The summed E-state index contributed by atoms with van der Waals surface area (Å²) in [6, 6.07) is 13.0. The molecule has 154 valence electrons. The number of rotatable bonds is 6. The smallest absolute Gasteiger partial charge is 0.247 e. The van der Waals surface area contributed by atoms with Crippen LogP contribution in [0, 0.1) is 6.92 Å². The maximum absolute atomic E-state index is 12.8. The van der Waals surface area contributed by atoms with E-state index >= 15 is 0 Å². The molecule has 2 amide bonds. The molecule has 0 radical (unpaired) electrons. The van der Waals surface area contributed by atoms with Gasteiger partial charge in [0, 0.05) is 24.3 Å². The van der Waals surface area contributed by atoms with Crippen LogP contribution in [0.1, 0.15) is 25.3 Å². The average Bonchev–Trinajstić information content (AvgIpc) is 3.09. The second-order valence-electron chi connectivity index (χ2n) is 7.26. The Hall–Kier alpha value is -2.87. The van der Waals surface area contributed by atoms with E-state index in [1.54, 1.807) is 60.4 Å². The Balaban J connectivity index is 1.76. The standard InChI is InChI=1S/C21H25N3O4S/c1-15-6-10-19(11-7-15)24(29(3,27)28)16(2)21(26)22-17-8-12-18(13-9-17)23-14-4-5-20(23)25/h6-13,16H,4-5,14H2,1-3H3,(H,22,26)/t16-/m0/s1. The fraction of sp³-hybridized carbons (Fsp3) is 0.333. The van der Waals surface area contributed by atoms with E-state index in [2.05, 4.69) is 5.32 Å². The lowest BCUT2D eigenvalue weighted by atomic mass is 10.2. The Morgan fingerprint density at radius 2 is 1.72 bits per heavy atom. The van der Waals surface area contributed by atoms with E-state index in [1.165, 1.54) is 0 Å². The van der Waals surface area contributed by atoms with E-state index in [4.69, 9.17) is 0 Å². The molecule has 1 fully saturated rings. The van der Waals surface area contributed by atoms with Crippen molar-refractivity contribution in [2.45, 2.75) is 32.7 Å². The molecule has 1 heterocycles. The molecule has 1 aliphatic heterocycles. The molecule has 2 aromatic rings. The van der Waals surface area contributed by atoms with Gasteiger partial charge < -0.3 is 10.2 Å². The number of hydrogen-bond acceptors (Lipinski definition) is 4. The molecule has 1 N–H and O–H groups in total. The first-order chi connectivity index (χ1) is 13.7. The minimum absolute atomic E-state index is 0.0947. The number of benzene rings is 2. The minimum Gasteiger partial charge on any atom is -0.324 e. The highest BCUT2D eigenvalue weighted by atomic mass is 32.2. The van der Waals surface area contributed by atoms with Crippen molar-refractivity contribution in [3.05, 3.63) is 54.1 Å². The summed E-state index contributed by atoms with van der Waals surface area (Å²) in [7, 11) is -3.66. The molecule has 8 heteroatoms. The first kappa shape index (κ1) is 20.9. The topological polar surface area (TPSA) is 86.8 Å². The lowest BCUT2D eigenvalue weighted by Gasteiger charge is -2.28. The van der Waals surface area contributed by atoms with E-state index in [9.17, 15) is 18.0 Å². The normalized spacial score (nSPS) is 15.3. The van der Waals surface area contributed by atoms with Gasteiger partial charge in [0.25, 0.3) is 0 Å². The molecule has 1 saturated heterocycles. The molecule has 0 unspecified atom stereocenters. The van der Waals surface area contributed by atoms with Crippen molar-refractivity contribution in [3.8, 4) is 0 Å². The number of amides is 2. The van der Waals surface area contributed by atoms with Crippen LogP contribution in [-0.4, -0.2) is 39.1 Å². The summed E-state index contributed by atoms with van der Waals surface area (Å²) in [6.07, 6.45) is 2.48. The Bertz CT molecular complexity index is 1000. The Morgan fingerprint density at radius 3 is 2.24 bits per heavy atom. The number of aryl methyl sites for hydroxylation is 1. The van der Waals surface area contributed by atoms with Crippen molar-refractivity contribution in [2.24, 2.45) is 0 Å². The predicted octanol–water partition coefficient (Wildman–Crippen LogP) is 2.92. The van der Waals surface area contributed by atoms with Gasteiger partial charge in [-0.15, -0.1) is 0 Å². The van der Waals surface area contributed by atoms with Gasteiger partial charge in [-0.2, -0.15) is 0 Å². The van der Waals surface area contributed by atoms with E-state index in [0.717, 1.165) is 28.2 Å². The molecule has 2 aromatic carbocycles. The van der Waals surface area contributed by atoms with E-state index in [-0.39, 0.29) is 5.91 Å². The number of hydrogen-bond donors (Lipinski definition) is 1. The fourth-order valence-corrected chi connectivity index (χ4v) is 4.57. The monoisotopic (exact) mass is 415 g/mol. The van der Waals surface area contributed by atoms with Crippen molar-refractivity contribution in [2.75, 3.05) is 27.3 Å². The van der Waals surface area contributed by atoms with Crippen molar-refractivity contribution in [1.29, 1.82) is 0 Å². The highest BCUT2D eigenvalue weighted by Gasteiger charge is 2.29. The minimum atomic E-state index is -3.66. The molecule has 0 aliphatic carbocycles. The Kier molecular flexibility index (Phi) is 5.93. The lowest BCUT2D eigenvalue weighted by molar-refractivity contribution is -0.117. The van der Waals surface area contributed by atoms with Crippen molar-refractivity contribution < 1.29 is 18.0 Å². The molecule has 0 bridgehead atoms. The van der Waals surface area contributed by atoms with Gasteiger partial charge >= 0.3 is 0 Å². The lowest BCUT2D eigenvalue weighted by Crippen LogP contribution is -2.45. The third-order valence-electron chi connectivity index (χ3n) is 4.90. The first-order valence-electron chi connectivity index (χ1n) is 9.44. The van der Waals surface area contributed by atoms with Gasteiger partial charge in [-0.05, 0) is 56.7 Å². The summed E-state index contributed by atoms with van der Waals surface area (Å²) >= 11 is 0. The number of carbonyl (C=O) groups excluding carboxylic acids is 2. The number of sulfonamides is 1. The van der Waals surface area contributed by atoms with Crippen LogP contribution in [0.4, 0.5) is 17.1 Å². The van der Waals surface area contributed by atoms with Crippen LogP contribution in [0.3, 0.4) is 0 Å². The molecule has 0 aromatic heterocycles. The summed E-state index contributed by atoms with van der Waals surface area (Å²) in [5, 5.41) is 2.76. The largest absolute Gasteiger partial charge is 0.324 e. The molecular weight excluding hydrogens is 390 g/mol. The number of nitrogens with zero attached hydrogens (tertiary/aromatic N) is 2. The van der Waals surface area contributed by atoms with Gasteiger partial charge in [0.2, 0.25) is 21.8 Å². The Morgan fingerprint density at radius 1 is 1.10 bits per heavy atom. The van der Waals surface area contributed by atoms with Crippen molar-refractivity contribution in [1.82, 2.24) is 0 Å². The van der Waals surface area contributed by atoms with E-state index in [0.29, 0.717) is 24.3 Å². The van der Waals surface area contributed by atoms with Gasteiger partial charge in [0.05, 0.1) is 11.9 Å². The van der Waals surface area contributed by atoms with Crippen LogP contribution < -0.4 is 14.5 Å². The quantitative estimate of drug-likeness (QED) is 0.786. The molecule has 7 nitrogen and oxygen atoms in total. The number of carbonyl (C=O) groups is 2. The SMILES string of the molecule is Cc1ccc(N([C@@H](C)C(=O)Nc2ccc(N3CCCC3=O)cc2)S(C)(=O)=O)cc1. The first-order valence-corrected chi connectivity index (χ1v) is 11.3. The summed E-state index contributed by atoms with van der Waals surface area (Å²) in [6.45, 7) is 4.15. The van der Waals surface area contributed by atoms with E-state index < -0.39 is 22.0 Å². The summed E-state index contributed by atoms with van der Waals surface area (Å²) in [4.78, 5) is 26.3. The number of anilines is 3. The van der Waals surface area contributed by atoms with Gasteiger partial charge in [-0.3, -0.25) is 13.9 Å². The molecule has 29 heavy (non-hydrogen) atoms.